The van der Waals surface area contributed by atoms with Crippen LogP contribution in [-0.2, 0) is 0 Å². The zero-order valence-corrected chi connectivity index (χ0v) is 12.8. The number of hydrogen-bond donors (Lipinski definition) is 1. The minimum atomic E-state index is -0.181. The van der Waals surface area contributed by atoms with Gasteiger partial charge in [-0.15, -0.1) is 0 Å². The molecular weight excluding hydrogens is 272 g/mol. The highest BCUT2D eigenvalue weighted by Gasteiger charge is 2.18. The zero-order valence-electron chi connectivity index (χ0n) is 12.0. The van der Waals surface area contributed by atoms with E-state index in [9.17, 15) is 4.79 Å². The van der Waals surface area contributed by atoms with Crippen molar-refractivity contribution in [3.63, 3.8) is 0 Å². The molecule has 0 saturated heterocycles. The molecule has 2 aromatic rings. The first-order valence-electron chi connectivity index (χ1n) is 6.76. The number of carbonyl (C=O) groups excluding carboxylic acids is 1. The van der Waals surface area contributed by atoms with Crippen molar-refractivity contribution in [2.75, 3.05) is 6.54 Å². The lowest BCUT2D eigenvalue weighted by Gasteiger charge is -2.22. The summed E-state index contributed by atoms with van der Waals surface area (Å²) in [6.07, 6.45) is 0.999. The largest absolute Gasteiger partial charge is 0.350 e. The first kappa shape index (κ1) is 14.8. The van der Waals surface area contributed by atoms with Crippen LogP contribution in [0.1, 0.15) is 37.7 Å². The second-order valence-corrected chi connectivity index (χ2v) is 6.11. The number of hydrogen-bond acceptors (Lipinski definition) is 2. The van der Waals surface area contributed by atoms with Crippen LogP contribution in [0.3, 0.4) is 0 Å². The van der Waals surface area contributed by atoms with Crippen LogP contribution >= 0.6 is 11.6 Å². The molecule has 0 bridgehead atoms. The molecule has 0 unspecified atom stereocenters. The fourth-order valence-electron chi connectivity index (χ4n) is 1.78. The van der Waals surface area contributed by atoms with Crippen molar-refractivity contribution in [2.45, 2.75) is 27.2 Å². The number of nitrogens with zero attached hydrogens (tertiary/aromatic N) is 1. The number of aromatic nitrogens is 1. The van der Waals surface area contributed by atoms with Gasteiger partial charge in [0.15, 0.2) is 0 Å². The molecule has 20 heavy (non-hydrogen) atoms. The third kappa shape index (κ3) is 3.28. The van der Waals surface area contributed by atoms with Gasteiger partial charge in [0.2, 0.25) is 0 Å². The van der Waals surface area contributed by atoms with Gasteiger partial charge in [-0.05, 0) is 24.0 Å². The summed E-state index contributed by atoms with van der Waals surface area (Å²) in [5.41, 5.74) is 1.18. The Kier molecular flexibility index (Phi) is 4.29. The maximum Gasteiger partial charge on any atom is 0.269 e. The van der Waals surface area contributed by atoms with E-state index in [4.69, 9.17) is 11.6 Å². The molecule has 1 aromatic carbocycles. The highest BCUT2D eigenvalue weighted by atomic mass is 35.5. The van der Waals surface area contributed by atoms with Gasteiger partial charge in [0, 0.05) is 11.9 Å². The molecule has 1 heterocycles. The predicted octanol–water partition coefficient (Wildman–Crippen LogP) is 4.05. The van der Waals surface area contributed by atoms with Gasteiger partial charge in [-0.2, -0.15) is 0 Å². The predicted molar refractivity (Wildman–Crippen MR) is 83.2 cm³/mol. The zero-order chi connectivity index (χ0) is 14.8. The maximum atomic E-state index is 12.2. The van der Waals surface area contributed by atoms with E-state index >= 15 is 0 Å². The number of rotatable bonds is 4. The van der Waals surface area contributed by atoms with Crippen LogP contribution in [0, 0.1) is 5.41 Å². The maximum absolute atomic E-state index is 12.2. The highest BCUT2D eigenvalue weighted by Crippen LogP contribution is 2.23. The Labute approximate surface area is 124 Å². The van der Waals surface area contributed by atoms with Gasteiger partial charge >= 0.3 is 0 Å². The normalized spacial score (nSPS) is 11.6. The molecule has 0 radical (unpaired) electrons. The minimum Gasteiger partial charge on any atom is -0.350 e. The Bertz CT molecular complexity index is 637. The number of benzene rings is 1. The molecule has 1 amide bonds. The summed E-state index contributed by atoms with van der Waals surface area (Å²) in [4.78, 5) is 16.5. The van der Waals surface area contributed by atoms with Gasteiger partial charge in [0.05, 0.1) is 10.5 Å². The first-order valence-corrected chi connectivity index (χ1v) is 7.14. The van der Waals surface area contributed by atoms with E-state index in [1.165, 1.54) is 0 Å². The van der Waals surface area contributed by atoms with Crippen LogP contribution in [-0.4, -0.2) is 17.4 Å². The summed E-state index contributed by atoms with van der Waals surface area (Å²) in [5.74, 6) is -0.181. The molecule has 3 nitrogen and oxygen atoms in total. The Morgan fingerprint density at radius 1 is 1.35 bits per heavy atom. The van der Waals surface area contributed by atoms with Crippen LogP contribution < -0.4 is 5.32 Å². The topological polar surface area (TPSA) is 42.0 Å². The quantitative estimate of drug-likeness (QED) is 0.923. The van der Waals surface area contributed by atoms with Gasteiger partial charge in [-0.3, -0.25) is 4.79 Å². The molecule has 0 aliphatic carbocycles. The van der Waals surface area contributed by atoms with E-state index in [2.05, 4.69) is 31.1 Å². The third-order valence-corrected chi connectivity index (χ3v) is 3.90. The molecule has 1 aromatic heterocycles. The lowest BCUT2D eigenvalue weighted by Crippen LogP contribution is -2.34. The Morgan fingerprint density at radius 2 is 2.05 bits per heavy atom. The van der Waals surface area contributed by atoms with Crippen molar-refractivity contribution in [3.8, 4) is 0 Å². The summed E-state index contributed by atoms with van der Waals surface area (Å²) < 4.78 is 0. The van der Waals surface area contributed by atoms with E-state index in [-0.39, 0.29) is 11.3 Å². The number of nitrogens with one attached hydrogen (secondary N) is 1. The number of fused-ring (bicyclic) bond motifs is 1. The fraction of sp³-hybridized carbons (Fsp3) is 0.375. The Morgan fingerprint density at radius 3 is 2.75 bits per heavy atom. The second-order valence-electron chi connectivity index (χ2n) is 5.71. The van der Waals surface area contributed by atoms with E-state index in [0.717, 1.165) is 17.3 Å². The minimum absolute atomic E-state index is 0.0797. The standard InChI is InChI=1S/C16H19ClN2O/c1-4-16(2,3)10-18-15(20)14-9-12(17)11-7-5-6-8-13(11)19-14/h5-9H,4,10H2,1-3H3,(H,18,20). The van der Waals surface area contributed by atoms with E-state index in [1.54, 1.807) is 6.07 Å². The van der Waals surface area contributed by atoms with Gasteiger partial charge < -0.3 is 5.32 Å². The molecule has 1 N–H and O–H groups in total. The lowest BCUT2D eigenvalue weighted by molar-refractivity contribution is 0.0931. The average molecular weight is 291 g/mol. The molecule has 2 rings (SSSR count). The molecule has 0 saturated carbocycles. The SMILES string of the molecule is CCC(C)(C)CNC(=O)c1cc(Cl)c2ccccc2n1. The summed E-state index contributed by atoms with van der Waals surface area (Å²) in [6.45, 7) is 6.97. The smallest absolute Gasteiger partial charge is 0.269 e. The molecule has 0 atom stereocenters. The van der Waals surface area contributed by atoms with Crippen molar-refractivity contribution in [1.82, 2.24) is 10.3 Å². The van der Waals surface area contributed by atoms with Gasteiger partial charge in [-0.25, -0.2) is 4.98 Å². The van der Waals surface area contributed by atoms with Crippen molar-refractivity contribution in [3.05, 3.63) is 41.0 Å². The van der Waals surface area contributed by atoms with Crippen LogP contribution in [0.15, 0.2) is 30.3 Å². The number of pyridine rings is 1. The van der Waals surface area contributed by atoms with Crippen molar-refractivity contribution in [2.24, 2.45) is 5.41 Å². The highest BCUT2D eigenvalue weighted by molar-refractivity contribution is 6.35. The Hall–Kier alpha value is -1.61. The molecule has 0 aliphatic heterocycles. The van der Waals surface area contributed by atoms with Crippen LogP contribution in [0.5, 0.6) is 0 Å². The van der Waals surface area contributed by atoms with Crippen molar-refractivity contribution in [1.29, 1.82) is 0 Å². The number of carbonyl (C=O) groups is 1. The van der Waals surface area contributed by atoms with E-state index in [0.29, 0.717) is 17.3 Å². The summed E-state index contributed by atoms with van der Waals surface area (Å²) in [7, 11) is 0. The molecule has 0 aliphatic rings. The number of halogens is 1. The third-order valence-electron chi connectivity index (χ3n) is 3.58. The average Bonchev–Trinajstić information content (AvgIpc) is 2.45. The van der Waals surface area contributed by atoms with Gasteiger partial charge in [0.25, 0.3) is 5.91 Å². The van der Waals surface area contributed by atoms with E-state index in [1.807, 2.05) is 24.3 Å². The number of amides is 1. The fourth-order valence-corrected chi connectivity index (χ4v) is 2.05. The first-order chi connectivity index (χ1) is 9.43. The van der Waals surface area contributed by atoms with Gasteiger partial charge in [0.1, 0.15) is 5.69 Å². The monoisotopic (exact) mass is 290 g/mol. The van der Waals surface area contributed by atoms with E-state index < -0.39 is 0 Å². The molecular formula is C16H19ClN2O. The molecule has 4 heteroatoms. The van der Waals surface area contributed by atoms with Crippen molar-refractivity contribution < 1.29 is 4.79 Å². The molecule has 106 valence electrons. The summed E-state index contributed by atoms with van der Waals surface area (Å²) >= 11 is 6.20. The van der Waals surface area contributed by atoms with Gasteiger partial charge in [-0.1, -0.05) is 50.6 Å². The summed E-state index contributed by atoms with van der Waals surface area (Å²) in [5, 5.41) is 4.33. The summed E-state index contributed by atoms with van der Waals surface area (Å²) in [6, 6.07) is 9.16. The molecule has 0 spiro atoms. The number of para-hydroxylation sites is 1. The lowest BCUT2D eigenvalue weighted by atomic mass is 9.90. The van der Waals surface area contributed by atoms with Crippen LogP contribution in [0.25, 0.3) is 10.9 Å². The van der Waals surface area contributed by atoms with Crippen molar-refractivity contribution >= 4 is 28.4 Å². The van der Waals surface area contributed by atoms with Crippen LogP contribution in [0.2, 0.25) is 5.02 Å². The van der Waals surface area contributed by atoms with Crippen LogP contribution in [0.4, 0.5) is 0 Å². The second kappa shape index (κ2) is 5.80. The Balaban J connectivity index is 2.23. The molecule has 0 fully saturated rings.